The third kappa shape index (κ3) is 1.85. The maximum atomic E-state index is 8.70. The topological polar surface area (TPSA) is 23.8 Å². The van der Waals surface area contributed by atoms with Gasteiger partial charge in [0.1, 0.15) is 7.28 Å². The molecule has 0 aliphatic carbocycles. The van der Waals surface area contributed by atoms with Gasteiger partial charge in [0.05, 0.1) is 11.6 Å². The summed E-state index contributed by atoms with van der Waals surface area (Å²) in [6, 6.07) is 9.94. The van der Waals surface area contributed by atoms with E-state index in [1.54, 1.807) is 0 Å². The Morgan fingerprint density at radius 2 is 2.18 bits per heavy atom. The van der Waals surface area contributed by atoms with Crippen molar-refractivity contribution in [1.29, 1.82) is 5.26 Å². The van der Waals surface area contributed by atoms with Gasteiger partial charge in [0.15, 0.2) is 0 Å². The molecular formula is C9H10BN. The molecule has 1 nitrogen and oxygen atoms in total. The van der Waals surface area contributed by atoms with Gasteiger partial charge in [-0.3, -0.25) is 0 Å². The second-order valence-electron chi connectivity index (χ2n) is 2.52. The van der Waals surface area contributed by atoms with E-state index in [1.807, 2.05) is 24.3 Å². The van der Waals surface area contributed by atoms with Gasteiger partial charge in [0.25, 0.3) is 0 Å². The Bertz CT molecular complexity index is 275. The largest absolute Gasteiger partial charge is 0.192 e. The van der Waals surface area contributed by atoms with Crippen LogP contribution in [0.3, 0.4) is 0 Å². The second-order valence-corrected chi connectivity index (χ2v) is 2.52. The van der Waals surface area contributed by atoms with Crippen molar-refractivity contribution >= 4 is 7.28 Å². The third-order valence-corrected chi connectivity index (χ3v) is 1.66. The number of benzene rings is 1. The smallest absolute Gasteiger partial charge is 0.122 e. The van der Waals surface area contributed by atoms with E-state index >= 15 is 0 Å². The minimum atomic E-state index is 0.814. The van der Waals surface area contributed by atoms with Crippen LogP contribution in [0.4, 0.5) is 0 Å². The van der Waals surface area contributed by atoms with Gasteiger partial charge in [0.2, 0.25) is 0 Å². The Morgan fingerprint density at radius 1 is 1.45 bits per heavy atom. The highest BCUT2D eigenvalue weighted by atomic mass is 14.2. The summed E-state index contributed by atoms with van der Waals surface area (Å²) >= 11 is 0. The van der Waals surface area contributed by atoms with Crippen LogP contribution in [-0.4, -0.2) is 7.28 Å². The summed E-state index contributed by atoms with van der Waals surface area (Å²) in [7, 11) is 1.10. The average molecular weight is 143 g/mol. The minimum absolute atomic E-state index is 0.814. The number of hydrogen-bond donors (Lipinski definition) is 0. The monoisotopic (exact) mass is 143 g/mol. The van der Waals surface area contributed by atoms with Crippen molar-refractivity contribution in [3.05, 3.63) is 35.4 Å². The van der Waals surface area contributed by atoms with Crippen LogP contribution in [-0.2, 0) is 6.32 Å². The van der Waals surface area contributed by atoms with Crippen LogP contribution < -0.4 is 0 Å². The lowest BCUT2D eigenvalue weighted by Crippen LogP contribution is -1.93. The molecule has 1 rings (SSSR count). The Labute approximate surface area is 67.9 Å². The van der Waals surface area contributed by atoms with Crippen LogP contribution in [0.25, 0.3) is 0 Å². The Balaban J connectivity index is 2.95. The molecule has 54 valence electrons. The van der Waals surface area contributed by atoms with E-state index in [0.29, 0.717) is 0 Å². The summed E-state index contributed by atoms with van der Waals surface area (Å²) in [5.74, 6) is 0. The number of nitriles is 1. The minimum Gasteiger partial charge on any atom is -0.192 e. The molecule has 0 spiro atoms. The fraction of sp³-hybridized carbons (Fsp3) is 0.222. The zero-order chi connectivity index (χ0) is 8.10. The van der Waals surface area contributed by atoms with Crippen molar-refractivity contribution in [3.63, 3.8) is 0 Å². The first kappa shape index (κ1) is 7.88. The standard InChI is InChI=1S/C9H10BN/c1-10-6-8-4-2-3-5-9(8)7-11/h2-5,10H,6H2,1H3. The summed E-state index contributed by atoms with van der Waals surface area (Å²) in [5.41, 5.74) is 1.98. The van der Waals surface area contributed by atoms with Crippen molar-refractivity contribution in [2.75, 3.05) is 0 Å². The lowest BCUT2D eigenvalue weighted by molar-refractivity contribution is 1.33. The first-order valence-electron chi connectivity index (χ1n) is 3.86. The lowest BCUT2D eigenvalue weighted by atomic mass is 9.74. The summed E-state index contributed by atoms with van der Waals surface area (Å²) in [4.78, 5) is 0. The summed E-state index contributed by atoms with van der Waals surface area (Å²) in [5, 5.41) is 8.70. The fourth-order valence-electron chi connectivity index (χ4n) is 1.12. The molecule has 0 heterocycles. The Kier molecular flexibility index (Phi) is 2.74. The van der Waals surface area contributed by atoms with Crippen LogP contribution >= 0.6 is 0 Å². The van der Waals surface area contributed by atoms with E-state index in [2.05, 4.69) is 12.9 Å². The molecule has 0 atom stereocenters. The van der Waals surface area contributed by atoms with Gasteiger partial charge in [-0.2, -0.15) is 5.26 Å². The van der Waals surface area contributed by atoms with E-state index in [0.717, 1.165) is 24.7 Å². The van der Waals surface area contributed by atoms with E-state index in [9.17, 15) is 0 Å². The van der Waals surface area contributed by atoms with E-state index in [4.69, 9.17) is 5.26 Å². The van der Waals surface area contributed by atoms with Gasteiger partial charge in [-0.15, -0.1) is 0 Å². The third-order valence-electron chi connectivity index (χ3n) is 1.66. The molecule has 11 heavy (non-hydrogen) atoms. The molecule has 0 unspecified atom stereocenters. The van der Waals surface area contributed by atoms with Gasteiger partial charge < -0.3 is 0 Å². The van der Waals surface area contributed by atoms with Crippen LogP contribution in [0.15, 0.2) is 24.3 Å². The first-order chi connectivity index (χ1) is 5.38. The fourth-order valence-corrected chi connectivity index (χ4v) is 1.12. The molecule has 0 aliphatic rings. The predicted octanol–water partition coefficient (Wildman–Crippen LogP) is 1.54. The normalized spacial score (nSPS) is 8.73. The molecular weight excluding hydrogens is 133 g/mol. The van der Waals surface area contributed by atoms with Crippen molar-refractivity contribution in [3.8, 4) is 6.07 Å². The molecule has 0 saturated heterocycles. The van der Waals surface area contributed by atoms with Crippen LogP contribution in [0.2, 0.25) is 6.82 Å². The van der Waals surface area contributed by atoms with Crippen molar-refractivity contribution < 1.29 is 0 Å². The van der Waals surface area contributed by atoms with Gasteiger partial charge in [0, 0.05) is 0 Å². The lowest BCUT2D eigenvalue weighted by Gasteiger charge is -1.98. The zero-order valence-corrected chi connectivity index (χ0v) is 6.67. The molecule has 0 aliphatic heterocycles. The summed E-state index contributed by atoms with van der Waals surface area (Å²) < 4.78 is 0. The SMILES string of the molecule is CBCc1ccccc1C#N. The highest BCUT2D eigenvalue weighted by molar-refractivity contribution is 6.32. The molecule has 0 aromatic heterocycles. The highest BCUT2D eigenvalue weighted by Gasteiger charge is 1.97. The molecule has 0 bridgehead atoms. The van der Waals surface area contributed by atoms with Gasteiger partial charge in [-0.05, 0) is 11.6 Å². The molecule has 0 amide bonds. The second kappa shape index (κ2) is 3.83. The van der Waals surface area contributed by atoms with Crippen molar-refractivity contribution in [2.24, 2.45) is 0 Å². The van der Waals surface area contributed by atoms with Gasteiger partial charge in [-0.1, -0.05) is 31.3 Å². The highest BCUT2D eigenvalue weighted by Crippen LogP contribution is 2.06. The van der Waals surface area contributed by atoms with Gasteiger partial charge >= 0.3 is 0 Å². The summed E-state index contributed by atoms with van der Waals surface area (Å²) in [6.07, 6.45) is 1.00. The Hall–Kier alpha value is -1.23. The van der Waals surface area contributed by atoms with E-state index < -0.39 is 0 Å². The number of rotatable bonds is 2. The molecule has 0 saturated carbocycles. The predicted molar refractivity (Wildman–Crippen MR) is 47.9 cm³/mol. The summed E-state index contributed by atoms with van der Waals surface area (Å²) in [6.45, 7) is 2.12. The maximum Gasteiger partial charge on any atom is 0.122 e. The molecule has 1 aromatic carbocycles. The molecule has 0 N–H and O–H groups in total. The zero-order valence-electron chi connectivity index (χ0n) is 6.67. The van der Waals surface area contributed by atoms with Crippen LogP contribution in [0.5, 0.6) is 0 Å². The number of hydrogen-bond acceptors (Lipinski definition) is 1. The van der Waals surface area contributed by atoms with Crippen LogP contribution in [0.1, 0.15) is 11.1 Å². The van der Waals surface area contributed by atoms with E-state index in [-0.39, 0.29) is 0 Å². The molecule has 0 radical (unpaired) electrons. The molecule has 1 aromatic rings. The Morgan fingerprint density at radius 3 is 2.82 bits per heavy atom. The van der Waals surface area contributed by atoms with Crippen molar-refractivity contribution in [2.45, 2.75) is 13.1 Å². The van der Waals surface area contributed by atoms with E-state index in [1.165, 1.54) is 0 Å². The number of nitrogens with zero attached hydrogens (tertiary/aromatic N) is 1. The van der Waals surface area contributed by atoms with Gasteiger partial charge in [-0.25, -0.2) is 0 Å². The molecule has 2 heteroatoms. The quantitative estimate of drug-likeness (QED) is 0.576. The first-order valence-corrected chi connectivity index (χ1v) is 3.86. The average Bonchev–Trinajstić information content (AvgIpc) is 2.06. The molecule has 0 fully saturated rings. The van der Waals surface area contributed by atoms with Crippen molar-refractivity contribution in [1.82, 2.24) is 0 Å². The maximum absolute atomic E-state index is 8.70. The van der Waals surface area contributed by atoms with Crippen LogP contribution in [0, 0.1) is 11.3 Å².